The molecule has 2 amide bonds. The van der Waals surface area contributed by atoms with Crippen molar-refractivity contribution >= 4 is 39.5 Å². The van der Waals surface area contributed by atoms with Crippen molar-refractivity contribution < 1.29 is 9.59 Å². The molecule has 2 aromatic rings. The highest BCUT2D eigenvalue weighted by atomic mass is 79.9. The maximum absolute atomic E-state index is 12.5. The molecule has 5 heteroatoms. The highest BCUT2D eigenvalue weighted by Gasteiger charge is 2.26. The molecule has 0 unspecified atom stereocenters. The number of amides is 2. The first kappa shape index (κ1) is 19.4. The first-order valence-electron chi connectivity index (χ1n) is 9.12. The average Bonchev–Trinajstić information content (AvgIpc) is 2.70. The highest BCUT2D eigenvalue weighted by Crippen LogP contribution is 2.23. The Morgan fingerprint density at radius 2 is 1.81 bits per heavy atom. The molecule has 3 rings (SSSR count). The number of carbonyl (C=O) groups excluding carboxylic acids is 2. The molecule has 140 valence electrons. The third-order valence-corrected chi connectivity index (χ3v) is 5.69. The van der Waals surface area contributed by atoms with Gasteiger partial charge in [-0.1, -0.05) is 52.3 Å². The van der Waals surface area contributed by atoms with Gasteiger partial charge in [-0.25, -0.2) is 0 Å². The van der Waals surface area contributed by atoms with E-state index < -0.39 is 0 Å². The number of anilines is 1. The summed E-state index contributed by atoms with van der Waals surface area (Å²) in [5.74, 6) is -0.0370. The quantitative estimate of drug-likeness (QED) is 0.723. The van der Waals surface area contributed by atoms with E-state index in [1.165, 1.54) is 0 Å². The molecule has 0 spiro atoms. The van der Waals surface area contributed by atoms with Gasteiger partial charge in [-0.15, -0.1) is 0 Å². The zero-order valence-corrected chi connectivity index (χ0v) is 16.9. The van der Waals surface area contributed by atoms with E-state index in [-0.39, 0.29) is 17.7 Å². The number of aryl methyl sites for hydroxylation is 1. The van der Waals surface area contributed by atoms with E-state index in [0.717, 1.165) is 21.3 Å². The standard InChI is InChI=1S/C22H23BrN2O2/c1-16-7-9-19(15-20(16)23)24-22(27)18-11-13-25(14-12-18)21(26)10-8-17-5-3-2-4-6-17/h2-10,15,18H,11-14H2,1H3,(H,24,27)/b10-8+. The van der Waals surface area contributed by atoms with Crippen LogP contribution in [0.1, 0.15) is 24.0 Å². The van der Waals surface area contributed by atoms with E-state index in [0.29, 0.717) is 25.9 Å². The third kappa shape index (κ3) is 5.30. The van der Waals surface area contributed by atoms with Crippen molar-refractivity contribution in [1.82, 2.24) is 4.90 Å². The minimum absolute atomic E-state index is 0.000163. The van der Waals surface area contributed by atoms with Gasteiger partial charge in [0.1, 0.15) is 0 Å². The number of nitrogens with zero attached hydrogens (tertiary/aromatic N) is 1. The van der Waals surface area contributed by atoms with Crippen LogP contribution in [0.3, 0.4) is 0 Å². The predicted molar refractivity (Wildman–Crippen MR) is 112 cm³/mol. The molecule has 1 saturated heterocycles. The molecule has 0 aromatic heterocycles. The second-order valence-corrected chi connectivity index (χ2v) is 7.65. The van der Waals surface area contributed by atoms with Crippen LogP contribution in [0, 0.1) is 12.8 Å². The number of benzene rings is 2. The van der Waals surface area contributed by atoms with E-state index in [1.54, 1.807) is 6.08 Å². The Kier molecular flexibility index (Phi) is 6.45. The summed E-state index contributed by atoms with van der Waals surface area (Å²) in [7, 11) is 0. The number of likely N-dealkylation sites (tertiary alicyclic amines) is 1. The Morgan fingerprint density at radius 1 is 1.11 bits per heavy atom. The maximum Gasteiger partial charge on any atom is 0.246 e. The van der Waals surface area contributed by atoms with Crippen molar-refractivity contribution in [2.45, 2.75) is 19.8 Å². The number of nitrogens with one attached hydrogen (secondary N) is 1. The second kappa shape index (κ2) is 9.00. The summed E-state index contributed by atoms with van der Waals surface area (Å²) in [4.78, 5) is 26.7. The minimum atomic E-state index is -0.0627. The second-order valence-electron chi connectivity index (χ2n) is 6.80. The Bertz CT molecular complexity index is 841. The molecule has 1 aliphatic heterocycles. The summed E-state index contributed by atoms with van der Waals surface area (Å²) in [5.41, 5.74) is 2.93. The Morgan fingerprint density at radius 3 is 2.48 bits per heavy atom. The fourth-order valence-corrected chi connectivity index (χ4v) is 3.49. The van der Waals surface area contributed by atoms with Crippen LogP contribution in [0.15, 0.2) is 59.1 Å². The summed E-state index contributed by atoms with van der Waals surface area (Å²) < 4.78 is 0.978. The third-order valence-electron chi connectivity index (χ3n) is 4.83. The van der Waals surface area contributed by atoms with Crippen LogP contribution < -0.4 is 5.32 Å². The normalized spacial score (nSPS) is 15.1. The van der Waals surface area contributed by atoms with Crippen LogP contribution in [-0.2, 0) is 9.59 Å². The van der Waals surface area contributed by atoms with Gasteiger partial charge in [0.25, 0.3) is 0 Å². The average molecular weight is 427 g/mol. The van der Waals surface area contributed by atoms with Crippen molar-refractivity contribution in [2.75, 3.05) is 18.4 Å². The monoisotopic (exact) mass is 426 g/mol. The van der Waals surface area contributed by atoms with Crippen LogP contribution in [0.5, 0.6) is 0 Å². The first-order valence-corrected chi connectivity index (χ1v) is 9.91. The fraction of sp³-hybridized carbons (Fsp3) is 0.273. The van der Waals surface area contributed by atoms with Gasteiger partial charge in [-0.2, -0.15) is 0 Å². The van der Waals surface area contributed by atoms with Crippen LogP contribution >= 0.6 is 15.9 Å². The molecule has 2 aromatic carbocycles. The molecule has 0 atom stereocenters. The van der Waals surface area contributed by atoms with E-state index in [9.17, 15) is 9.59 Å². The number of halogens is 1. The lowest BCUT2D eigenvalue weighted by Crippen LogP contribution is -2.40. The van der Waals surface area contributed by atoms with Crippen LogP contribution in [-0.4, -0.2) is 29.8 Å². The zero-order valence-electron chi connectivity index (χ0n) is 15.3. The molecule has 0 saturated carbocycles. The van der Waals surface area contributed by atoms with E-state index in [2.05, 4.69) is 21.2 Å². The molecule has 4 nitrogen and oxygen atoms in total. The number of hydrogen-bond donors (Lipinski definition) is 1. The molecule has 1 N–H and O–H groups in total. The van der Waals surface area contributed by atoms with E-state index >= 15 is 0 Å². The SMILES string of the molecule is Cc1ccc(NC(=O)C2CCN(C(=O)/C=C/c3ccccc3)CC2)cc1Br. The summed E-state index contributed by atoms with van der Waals surface area (Å²) in [6.07, 6.45) is 4.81. The van der Waals surface area contributed by atoms with Crippen molar-refractivity contribution in [1.29, 1.82) is 0 Å². The lowest BCUT2D eigenvalue weighted by molar-refractivity contribution is -0.130. The zero-order chi connectivity index (χ0) is 19.2. The Hall–Kier alpha value is -2.40. The molecular weight excluding hydrogens is 404 g/mol. The van der Waals surface area contributed by atoms with Gasteiger partial charge in [0, 0.05) is 35.2 Å². The van der Waals surface area contributed by atoms with E-state index in [1.807, 2.05) is 66.4 Å². The summed E-state index contributed by atoms with van der Waals surface area (Å²) >= 11 is 3.49. The topological polar surface area (TPSA) is 49.4 Å². The van der Waals surface area contributed by atoms with Gasteiger partial charge in [0.15, 0.2) is 0 Å². The fourth-order valence-electron chi connectivity index (χ4n) is 3.11. The van der Waals surface area contributed by atoms with Gasteiger partial charge in [-0.3, -0.25) is 9.59 Å². The van der Waals surface area contributed by atoms with Crippen molar-refractivity contribution in [2.24, 2.45) is 5.92 Å². The van der Waals surface area contributed by atoms with Gasteiger partial charge >= 0.3 is 0 Å². The van der Waals surface area contributed by atoms with Gasteiger partial charge in [0.2, 0.25) is 11.8 Å². The molecule has 0 bridgehead atoms. The lowest BCUT2D eigenvalue weighted by Gasteiger charge is -2.30. The van der Waals surface area contributed by atoms with Gasteiger partial charge in [0.05, 0.1) is 0 Å². The smallest absolute Gasteiger partial charge is 0.246 e. The number of hydrogen-bond acceptors (Lipinski definition) is 2. The van der Waals surface area contributed by atoms with Crippen molar-refractivity contribution in [3.05, 3.63) is 70.2 Å². The molecule has 1 heterocycles. The largest absolute Gasteiger partial charge is 0.339 e. The van der Waals surface area contributed by atoms with E-state index in [4.69, 9.17) is 0 Å². The highest BCUT2D eigenvalue weighted by molar-refractivity contribution is 9.10. The first-order chi connectivity index (χ1) is 13.0. The Balaban J connectivity index is 1.50. The van der Waals surface area contributed by atoms with Crippen LogP contribution in [0.2, 0.25) is 0 Å². The molecule has 27 heavy (non-hydrogen) atoms. The van der Waals surface area contributed by atoms with Gasteiger partial charge < -0.3 is 10.2 Å². The Labute approximate surface area is 168 Å². The predicted octanol–water partition coefficient (Wildman–Crippen LogP) is 4.65. The lowest BCUT2D eigenvalue weighted by atomic mass is 9.95. The summed E-state index contributed by atoms with van der Waals surface area (Å²) in [5, 5.41) is 2.98. The van der Waals surface area contributed by atoms with Gasteiger partial charge in [-0.05, 0) is 49.1 Å². The summed E-state index contributed by atoms with van der Waals surface area (Å²) in [6, 6.07) is 15.6. The number of carbonyl (C=O) groups is 2. The minimum Gasteiger partial charge on any atom is -0.339 e. The maximum atomic E-state index is 12.5. The molecule has 0 radical (unpaired) electrons. The molecular formula is C22H23BrN2O2. The molecule has 1 fully saturated rings. The van der Waals surface area contributed by atoms with Crippen molar-refractivity contribution in [3.63, 3.8) is 0 Å². The summed E-state index contributed by atoms with van der Waals surface area (Å²) in [6.45, 7) is 3.22. The number of rotatable bonds is 4. The number of piperidine rings is 1. The van der Waals surface area contributed by atoms with Crippen LogP contribution in [0.25, 0.3) is 6.08 Å². The molecule has 1 aliphatic rings. The molecule has 0 aliphatic carbocycles. The van der Waals surface area contributed by atoms with Crippen LogP contribution in [0.4, 0.5) is 5.69 Å². The van der Waals surface area contributed by atoms with Crippen molar-refractivity contribution in [3.8, 4) is 0 Å².